The summed E-state index contributed by atoms with van der Waals surface area (Å²) in [5.74, 6) is -0.963. The summed E-state index contributed by atoms with van der Waals surface area (Å²) in [6, 6.07) is 16.4. The minimum absolute atomic E-state index is 0.0459. The van der Waals surface area contributed by atoms with Crippen LogP contribution in [0.2, 0.25) is 5.02 Å². The van der Waals surface area contributed by atoms with Gasteiger partial charge in [-0.3, -0.25) is 4.99 Å². The summed E-state index contributed by atoms with van der Waals surface area (Å²) in [6.07, 6.45) is 1.67. The molecule has 0 aliphatic carbocycles. The highest BCUT2D eigenvalue weighted by atomic mass is 35.5. The van der Waals surface area contributed by atoms with Gasteiger partial charge >= 0.3 is 5.97 Å². The summed E-state index contributed by atoms with van der Waals surface area (Å²) in [5.41, 5.74) is 4.28. The Morgan fingerprint density at radius 3 is 2.69 bits per heavy atom. The van der Waals surface area contributed by atoms with Gasteiger partial charge in [-0.05, 0) is 36.4 Å². The van der Waals surface area contributed by atoms with Crippen LogP contribution >= 0.6 is 11.6 Å². The first-order valence-corrected chi connectivity index (χ1v) is 11.0. The number of ether oxygens (including phenoxy) is 1. The Labute approximate surface area is 204 Å². The third-order valence-electron chi connectivity index (χ3n) is 5.58. The summed E-state index contributed by atoms with van der Waals surface area (Å²) in [6.45, 7) is 0.257. The minimum Gasteiger partial charge on any atom is -0.496 e. The molecule has 0 saturated heterocycles. The Bertz CT molecular complexity index is 1510. The molecule has 4 aromatic rings. The number of carboxylic acids is 1. The first-order valence-electron chi connectivity index (χ1n) is 10.6. The number of carbonyl (C=O) groups is 1. The van der Waals surface area contributed by atoms with Crippen LogP contribution in [0, 0.1) is 5.82 Å². The maximum Gasteiger partial charge on any atom is 0.339 e. The molecule has 35 heavy (non-hydrogen) atoms. The molecule has 7 nitrogen and oxygen atoms in total. The second kappa shape index (κ2) is 9.15. The Morgan fingerprint density at radius 1 is 1.09 bits per heavy atom. The van der Waals surface area contributed by atoms with Crippen molar-refractivity contribution in [3.05, 3.63) is 100.0 Å². The van der Waals surface area contributed by atoms with Gasteiger partial charge in [-0.15, -0.1) is 0 Å². The average Bonchev–Trinajstić information content (AvgIpc) is 3.00. The van der Waals surface area contributed by atoms with Crippen LogP contribution in [0.15, 0.2) is 71.9 Å². The molecule has 5 rings (SSSR count). The molecule has 2 N–H and O–H groups in total. The van der Waals surface area contributed by atoms with Gasteiger partial charge in [-0.25, -0.2) is 19.2 Å². The molecule has 2 heterocycles. The van der Waals surface area contributed by atoms with Gasteiger partial charge in [-0.2, -0.15) is 0 Å². The molecule has 0 amide bonds. The van der Waals surface area contributed by atoms with Gasteiger partial charge in [0.2, 0.25) is 5.95 Å². The number of methoxy groups -OCH3 is 1. The number of halogens is 2. The van der Waals surface area contributed by atoms with Crippen molar-refractivity contribution in [1.82, 2.24) is 9.97 Å². The molecule has 3 aromatic carbocycles. The van der Waals surface area contributed by atoms with Gasteiger partial charge in [0.15, 0.2) is 0 Å². The lowest BCUT2D eigenvalue weighted by Crippen LogP contribution is -2.07. The largest absolute Gasteiger partial charge is 0.496 e. The van der Waals surface area contributed by atoms with Gasteiger partial charge in [0.25, 0.3) is 0 Å². The number of hydrogen-bond acceptors (Lipinski definition) is 6. The highest BCUT2D eigenvalue weighted by Crippen LogP contribution is 2.34. The van der Waals surface area contributed by atoms with Crippen molar-refractivity contribution in [3.8, 4) is 17.0 Å². The van der Waals surface area contributed by atoms with Gasteiger partial charge < -0.3 is 15.2 Å². The molecule has 1 aliphatic rings. The monoisotopic (exact) mass is 488 g/mol. The van der Waals surface area contributed by atoms with Crippen LogP contribution < -0.4 is 10.1 Å². The third kappa shape index (κ3) is 4.31. The molecule has 0 saturated carbocycles. The number of hydrogen-bond donors (Lipinski definition) is 2. The van der Waals surface area contributed by atoms with Crippen LogP contribution in [-0.4, -0.2) is 33.9 Å². The fraction of sp³-hybridized carbons (Fsp3) is 0.0769. The number of rotatable bonds is 5. The van der Waals surface area contributed by atoms with E-state index in [0.29, 0.717) is 39.2 Å². The number of carboxylic acid groups (broad SMARTS) is 1. The van der Waals surface area contributed by atoms with E-state index in [-0.39, 0.29) is 23.7 Å². The smallest absolute Gasteiger partial charge is 0.339 e. The summed E-state index contributed by atoms with van der Waals surface area (Å²) in [4.78, 5) is 25.2. The normalized spacial score (nSPS) is 12.1. The lowest BCUT2D eigenvalue weighted by molar-refractivity contribution is 0.0693. The lowest BCUT2D eigenvalue weighted by Gasteiger charge is -2.13. The summed E-state index contributed by atoms with van der Waals surface area (Å²) >= 11 is 6.30. The van der Waals surface area contributed by atoms with Crippen molar-refractivity contribution in [3.63, 3.8) is 0 Å². The molecule has 0 atom stereocenters. The maximum absolute atomic E-state index is 14.7. The second-order valence-electron chi connectivity index (χ2n) is 7.75. The number of nitrogens with zero attached hydrogens (tertiary/aromatic N) is 3. The van der Waals surface area contributed by atoms with Gasteiger partial charge in [-0.1, -0.05) is 29.8 Å². The number of aromatic nitrogens is 2. The minimum atomic E-state index is -1.09. The van der Waals surface area contributed by atoms with Crippen LogP contribution in [0.5, 0.6) is 5.75 Å². The SMILES string of the molecule is COc1cc(Nc2ncc3c(n2)-c2ccc(Cl)cc2C(c2ccccc2F)=NC3)ccc1C(=O)O. The van der Waals surface area contributed by atoms with Crippen molar-refractivity contribution in [2.75, 3.05) is 12.4 Å². The molecular weight excluding hydrogens is 471 g/mol. The number of fused-ring (bicyclic) bond motifs is 3. The van der Waals surface area contributed by atoms with Crippen LogP contribution in [0.25, 0.3) is 11.3 Å². The van der Waals surface area contributed by atoms with E-state index in [0.717, 1.165) is 11.1 Å². The Morgan fingerprint density at radius 2 is 1.91 bits per heavy atom. The van der Waals surface area contributed by atoms with E-state index in [9.17, 15) is 14.3 Å². The summed E-state index contributed by atoms with van der Waals surface area (Å²) < 4.78 is 19.9. The number of aromatic carboxylic acids is 1. The zero-order valence-electron chi connectivity index (χ0n) is 18.4. The van der Waals surface area contributed by atoms with E-state index < -0.39 is 5.97 Å². The fourth-order valence-electron chi connectivity index (χ4n) is 3.94. The van der Waals surface area contributed by atoms with Crippen LogP contribution in [0.3, 0.4) is 0 Å². The van der Waals surface area contributed by atoms with Crippen molar-refractivity contribution in [2.45, 2.75) is 6.54 Å². The second-order valence-corrected chi connectivity index (χ2v) is 8.18. The van der Waals surface area contributed by atoms with Crippen molar-refractivity contribution < 1.29 is 19.0 Å². The van der Waals surface area contributed by atoms with E-state index in [4.69, 9.17) is 21.3 Å². The molecule has 9 heteroatoms. The van der Waals surface area contributed by atoms with E-state index in [1.807, 2.05) is 6.07 Å². The zero-order chi connectivity index (χ0) is 24.5. The lowest BCUT2D eigenvalue weighted by atomic mass is 9.95. The molecule has 0 fully saturated rings. The quantitative estimate of drug-likeness (QED) is 0.372. The number of anilines is 2. The highest BCUT2D eigenvalue weighted by molar-refractivity contribution is 6.31. The molecule has 0 radical (unpaired) electrons. The zero-order valence-corrected chi connectivity index (χ0v) is 19.2. The van der Waals surface area contributed by atoms with Gasteiger partial charge in [0, 0.05) is 45.2 Å². The standard InChI is InChI=1S/C26H18ClFN4O3/c1-35-22-11-16(7-9-19(22)25(33)34)31-26-30-13-14-12-29-24(18-4-2-3-5-21(18)28)20-10-15(27)6-8-17(20)23(14)32-26/h2-11,13H,12H2,1H3,(H,33,34)(H,30,31,32). The van der Waals surface area contributed by atoms with Crippen molar-refractivity contribution in [2.24, 2.45) is 4.99 Å². The van der Waals surface area contributed by atoms with Crippen LogP contribution in [-0.2, 0) is 6.54 Å². The predicted molar refractivity (Wildman–Crippen MR) is 131 cm³/mol. The molecule has 0 spiro atoms. The van der Waals surface area contributed by atoms with E-state index >= 15 is 0 Å². The first kappa shape index (κ1) is 22.5. The third-order valence-corrected chi connectivity index (χ3v) is 5.82. The Kier molecular flexibility index (Phi) is 5.88. The van der Waals surface area contributed by atoms with Crippen LogP contribution in [0.1, 0.15) is 27.0 Å². The Balaban J connectivity index is 1.57. The predicted octanol–water partition coefficient (Wildman–Crippen LogP) is 5.74. The highest BCUT2D eigenvalue weighted by Gasteiger charge is 2.23. The van der Waals surface area contributed by atoms with E-state index in [1.54, 1.807) is 48.7 Å². The number of nitrogens with one attached hydrogen (secondary N) is 1. The van der Waals surface area contributed by atoms with Gasteiger partial charge in [0.05, 0.1) is 25.1 Å². The topological polar surface area (TPSA) is 96.7 Å². The fourth-order valence-corrected chi connectivity index (χ4v) is 4.11. The van der Waals surface area contributed by atoms with E-state index in [1.165, 1.54) is 19.2 Å². The molecule has 0 bridgehead atoms. The maximum atomic E-state index is 14.7. The average molecular weight is 489 g/mol. The summed E-state index contributed by atoms with van der Waals surface area (Å²) in [7, 11) is 1.40. The first-order chi connectivity index (χ1) is 16.9. The Hall–Kier alpha value is -4.30. The molecule has 1 aromatic heterocycles. The van der Waals surface area contributed by atoms with Crippen molar-refractivity contribution in [1.29, 1.82) is 0 Å². The molecule has 174 valence electrons. The number of benzene rings is 3. The van der Waals surface area contributed by atoms with Crippen molar-refractivity contribution >= 4 is 34.9 Å². The van der Waals surface area contributed by atoms with E-state index in [2.05, 4.69) is 15.3 Å². The number of aliphatic imine (C=N–C) groups is 1. The molecule has 1 aliphatic heterocycles. The van der Waals surface area contributed by atoms with Crippen LogP contribution in [0.4, 0.5) is 16.0 Å². The molecule has 0 unspecified atom stereocenters. The van der Waals surface area contributed by atoms with Gasteiger partial charge in [0.1, 0.15) is 17.1 Å². The molecular formula is C26H18ClFN4O3. The summed E-state index contributed by atoms with van der Waals surface area (Å²) in [5, 5.41) is 12.9.